The van der Waals surface area contributed by atoms with Crippen LogP contribution in [0.15, 0.2) is 42.5 Å². The third kappa shape index (κ3) is 2.91. The summed E-state index contributed by atoms with van der Waals surface area (Å²) in [6, 6.07) is 12.0. The molecule has 0 unspecified atom stereocenters. The SMILES string of the molecule is Cc1cccc(C(=O)C(=O)c2ccc(C)cc2Cl)c1. The number of carbonyl (C=O) groups excluding carboxylic acids is 2. The number of ketones is 2. The summed E-state index contributed by atoms with van der Waals surface area (Å²) < 4.78 is 0. The number of hydrogen-bond acceptors (Lipinski definition) is 2. The molecule has 0 aliphatic rings. The predicted octanol–water partition coefficient (Wildman–Crippen LogP) is 4.02. The molecule has 19 heavy (non-hydrogen) atoms. The van der Waals surface area contributed by atoms with Gasteiger partial charge in [-0.25, -0.2) is 0 Å². The standard InChI is InChI=1S/C16H13ClO2/c1-10-4-3-5-12(8-10)15(18)16(19)13-7-6-11(2)9-14(13)17/h3-9H,1-2H3. The highest BCUT2D eigenvalue weighted by molar-refractivity contribution is 6.51. The monoisotopic (exact) mass is 272 g/mol. The third-order valence-corrected chi connectivity index (χ3v) is 3.17. The quantitative estimate of drug-likeness (QED) is 0.625. The van der Waals surface area contributed by atoms with Crippen LogP contribution in [0.2, 0.25) is 5.02 Å². The molecule has 3 heteroatoms. The van der Waals surface area contributed by atoms with E-state index in [1.54, 1.807) is 36.4 Å². The second-order valence-corrected chi connectivity index (χ2v) is 4.92. The lowest BCUT2D eigenvalue weighted by Crippen LogP contribution is -2.15. The third-order valence-electron chi connectivity index (χ3n) is 2.86. The molecule has 2 nitrogen and oxygen atoms in total. The Morgan fingerprint density at radius 2 is 1.58 bits per heavy atom. The van der Waals surface area contributed by atoms with Crippen molar-refractivity contribution >= 4 is 23.2 Å². The number of aryl methyl sites for hydroxylation is 2. The minimum absolute atomic E-state index is 0.249. The molecule has 0 radical (unpaired) electrons. The van der Waals surface area contributed by atoms with Crippen molar-refractivity contribution in [2.24, 2.45) is 0 Å². The van der Waals surface area contributed by atoms with Gasteiger partial charge in [0, 0.05) is 11.1 Å². The van der Waals surface area contributed by atoms with E-state index in [4.69, 9.17) is 11.6 Å². The number of hydrogen-bond donors (Lipinski definition) is 0. The molecular formula is C16H13ClO2. The zero-order valence-corrected chi connectivity index (χ0v) is 11.5. The summed E-state index contributed by atoms with van der Waals surface area (Å²) in [4.78, 5) is 24.3. The van der Waals surface area contributed by atoms with E-state index < -0.39 is 11.6 Å². The van der Waals surface area contributed by atoms with Crippen LogP contribution in [0, 0.1) is 13.8 Å². The first-order valence-electron chi connectivity index (χ1n) is 5.91. The van der Waals surface area contributed by atoms with Gasteiger partial charge in [-0.3, -0.25) is 9.59 Å². The van der Waals surface area contributed by atoms with Crippen molar-refractivity contribution in [3.8, 4) is 0 Å². The Morgan fingerprint density at radius 3 is 2.21 bits per heavy atom. The van der Waals surface area contributed by atoms with Crippen molar-refractivity contribution in [3.63, 3.8) is 0 Å². The molecule has 0 saturated heterocycles. The highest BCUT2D eigenvalue weighted by Gasteiger charge is 2.20. The van der Waals surface area contributed by atoms with Gasteiger partial charge in [0.15, 0.2) is 0 Å². The van der Waals surface area contributed by atoms with Crippen LogP contribution < -0.4 is 0 Å². The van der Waals surface area contributed by atoms with Crippen LogP contribution in [0.1, 0.15) is 31.8 Å². The number of halogens is 1. The van der Waals surface area contributed by atoms with Crippen LogP contribution in [0.25, 0.3) is 0 Å². The van der Waals surface area contributed by atoms with E-state index in [2.05, 4.69) is 0 Å². The molecule has 0 spiro atoms. The molecule has 0 fully saturated rings. The first-order chi connectivity index (χ1) is 8.99. The van der Waals surface area contributed by atoms with Crippen LogP contribution in [-0.4, -0.2) is 11.6 Å². The molecule has 0 aliphatic heterocycles. The highest BCUT2D eigenvalue weighted by Crippen LogP contribution is 2.20. The molecule has 2 rings (SSSR count). The average molecular weight is 273 g/mol. The van der Waals surface area contributed by atoms with Crippen LogP contribution in [0.5, 0.6) is 0 Å². The van der Waals surface area contributed by atoms with E-state index in [0.29, 0.717) is 10.6 Å². The molecule has 0 heterocycles. The fourth-order valence-corrected chi connectivity index (χ4v) is 2.16. The molecule has 0 N–H and O–H groups in total. The largest absolute Gasteiger partial charge is 0.285 e. The van der Waals surface area contributed by atoms with E-state index in [0.717, 1.165) is 11.1 Å². The Balaban J connectivity index is 2.36. The van der Waals surface area contributed by atoms with Crippen LogP contribution >= 0.6 is 11.6 Å². The van der Waals surface area contributed by atoms with E-state index in [1.165, 1.54) is 0 Å². The van der Waals surface area contributed by atoms with Crippen molar-refractivity contribution < 1.29 is 9.59 Å². The minimum Gasteiger partial charge on any atom is -0.285 e. The summed E-state index contributed by atoms with van der Waals surface area (Å²) in [6.07, 6.45) is 0. The Morgan fingerprint density at radius 1 is 0.895 bits per heavy atom. The fourth-order valence-electron chi connectivity index (χ4n) is 1.84. The molecule has 0 atom stereocenters. The highest BCUT2D eigenvalue weighted by atomic mass is 35.5. The normalized spacial score (nSPS) is 10.3. The molecule has 0 bridgehead atoms. The summed E-state index contributed by atoms with van der Waals surface area (Å²) in [5.74, 6) is -1.11. The summed E-state index contributed by atoms with van der Waals surface area (Å²) in [6.45, 7) is 3.75. The molecule has 96 valence electrons. The first kappa shape index (κ1) is 13.5. The second-order valence-electron chi connectivity index (χ2n) is 4.51. The van der Waals surface area contributed by atoms with Crippen LogP contribution in [0.4, 0.5) is 0 Å². The minimum atomic E-state index is -0.574. The Bertz CT molecular complexity index is 660. The van der Waals surface area contributed by atoms with Gasteiger partial charge in [0.2, 0.25) is 11.6 Å². The van der Waals surface area contributed by atoms with E-state index in [-0.39, 0.29) is 5.56 Å². The average Bonchev–Trinajstić information content (AvgIpc) is 2.37. The number of benzene rings is 2. The van der Waals surface area contributed by atoms with Crippen molar-refractivity contribution in [2.75, 3.05) is 0 Å². The maximum absolute atomic E-state index is 12.2. The van der Waals surface area contributed by atoms with Gasteiger partial charge in [-0.1, -0.05) is 41.4 Å². The Kier molecular flexibility index (Phi) is 3.82. The summed E-state index contributed by atoms with van der Waals surface area (Å²) in [5, 5.41) is 0.311. The Hall–Kier alpha value is -1.93. The van der Waals surface area contributed by atoms with E-state index in [9.17, 15) is 9.59 Å². The lowest BCUT2D eigenvalue weighted by molar-refractivity contribution is 0.0817. The summed E-state index contributed by atoms with van der Waals surface area (Å²) in [7, 11) is 0. The van der Waals surface area contributed by atoms with Crippen molar-refractivity contribution in [1.29, 1.82) is 0 Å². The molecular weight excluding hydrogens is 260 g/mol. The molecule has 0 aromatic heterocycles. The fraction of sp³-hybridized carbons (Fsp3) is 0.125. The maximum atomic E-state index is 12.2. The van der Waals surface area contributed by atoms with Gasteiger partial charge in [-0.05, 0) is 37.6 Å². The molecule has 2 aromatic carbocycles. The molecule has 0 saturated carbocycles. The lowest BCUT2D eigenvalue weighted by Gasteiger charge is -2.04. The van der Waals surface area contributed by atoms with Crippen molar-refractivity contribution in [3.05, 3.63) is 69.7 Å². The zero-order valence-electron chi connectivity index (χ0n) is 10.7. The van der Waals surface area contributed by atoms with Gasteiger partial charge in [-0.15, -0.1) is 0 Å². The van der Waals surface area contributed by atoms with Gasteiger partial charge in [0.1, 0.15) is 0 Å². The summed E-state index contributed by atoms with van der Waals surface area (Å²) in [5.41, 5.74) is 2.53. The molecule has 0 aliphatic carbocycles. The number of Topliss-reactive ketones (excluding diaryl/α,β-unsaturated/α-hetero) is 2. The maximum Gasteiger partial charge on any atom is 0.235 e. The molecule has 0 amide bonds. The second kappa shape index (κ2) is 5.37. The van der Waals surface area contributed by atoms with E-state index >= 15 is 0 Å². The van der Waals surface area contributed by atoms with Gasteiger partial charge >= 0.3 is 0 Å². The summed E-state index contributed by atoms with van der Waals surface area (Å²) >= 11 is 6.01. The first-order valence-corrected chi connectivity index (χ1v) is 6.28. The van der Waals surface area contributed by atoms with Crippen molar-refractivity contribution in [1.82, 2.24) is 0 Å². The van der Waals surface area contributed by atoms with Gasteiger partial charge in [0.05, 0.1) is 5.02 Å². The zero-order chi connectivity index (χ0) is 14.0. The van der Waals surface area contributed by atoms with E-state index in [1.807, 2.05) is 19.9 Å². The number of carbonyl (C=O) groups is 2. The van der Waals surface area contributed by atoms with Gasteiger partial charge in [-0.2, -0.15) is 0 Å². The van der Waals surface area contributed by atoms with Crippen LogP contribution in [-0.2, 0) is 0 Å². The Labute approximate surface area is 117 Å². The smallest absolute Gasteiger partial charge is 0.235 e. The lowest BCUT2D eigenvalue weighted by atomic mass is 9.99. The van der Waals surface area contributed by atoms with Crippen LogP contribution in [0.3, 0.4) is 0 Å². The molecule has 2 aromatic rings. The number of rotatable bonds is 3. The predicted molar refractivity (Wildman–Crippen MR) is 76.0 cm³/mol. The topological polar surface area (TPSA) is 34.1 Å². The van der Waals surface area contributed by atoms with Crippen molar-refractivity contribution in [2.45, 2.75) is 13.8 Å². The van der Waals surface area contributed by atoms with Gasteiger partial charge in [0.25, 0.3) is 0 Å². The van der Waals surface area contributed by atoms with Gasteiger partial charge < -0.3 is 0 Å².